The molecule has 20 heavy (non-hydrogen) atoms. The van der Waals surface area contributed by atoms with Crippen LogP contribution < -0.4 is 4.90 Å². The van der Waals surface area contributed by atoms with Crippen molar-refractivity contribution in [1.82, 2.24) is 9.88 Å². The molecule has 3 heterocycles. The number of hydrogen-bond acceptors (Lipinski definition) is 4. The minimum atomic E-state index is 0.297. The van der Waals surface area contributed by atoms with Crippen molar-refractivity contribution in [2.75, 3.05) is 31.1 Å². The van der Waals surface area contributed by atoms with E-state index in [0.717, 1.165) is 30.5 Å². The number of aliphatic hydroxyl groups excluding tert-OH is 1. The van der Waals surface area contributed by atoms with Crippen LogP contribution in [0.1, 0.15) is 25.7 Å². The summed E-state index contributed by atoms with van der Waals surface area (Å²) in [4.78, 5) is 9.23. The third-order valence-electron chi connectivity index (χ3n) is 4.55. The molecule has 0 aliphatic carbocycles. The van der Waals surface area contributed by atoms with E-state index in [1.807, 2.05) is 12.4 Å². The van der Waals surface area contributed by atoms with E-state index in [-0.39, 0.29) is 0 Å². The van der Waals surface area contributed by atoms with Gasteiger partial charge in [-0.1, -0.05) is 0 Å². The highest BCUT2D eigenvalue weighted by molar-refractivity contribution is 9.10. The SMILES string of the molecule is OC[C@@H]1CCCN1C[C@@H]1CCCN1c1cncc(Br)c1. The molecule has 2 saturated heterocycles. The van der Waals surface area contributed by atoms with E-state index in [0.29, 0.717) is 18.7 Å². The first kappa shape index (κ1) is 14.3. The first-order valence-electron chi connectivity index (χ1n) is 7.50. The van der Waals surface area contributed by atoms with Gasteiger partial charge in [-0.05, 0) is 54.2 Å². The van der Waals surface area contributed by atoms with E-state index in [1.165, 1.54) is 24.9 Å². The van der Waals surface area contributed by atoms with Crippen molar-refractivity contribution in [3.05, 3.63) is 22.9 Å². The zero-order valence-electron chi connectivity index (χ0n) is 11.7. The molecule has 0 spiro atoms. The van der Waals surface area contributed by atoms with Gasteiger partial charge in [0.2, 0.25) is 0 Å². The van der Waals surface area contributed by atoms with E-state index in [1.54, 1.807) is 0 Å². The first-order chi connectivity index (χ1) is 9.78. The summed E-state index contributed by atoms with van der Waals surface area (Å²) in [5, 5.41) is 9.46. The van der Waals surface area contributed by atoms with E-state index < -0.39 is 0 Å². The molecule has 4 nitrogen and oxygen atoms in total. The van der Waals surface area contributed by atoms with Crippen LogP contribution in [0.15, 0.2) is 22.9 Å². The molecule has 0 amide bonds. The number of nitrogens with zero attached hydrogens (tertiary/aromatic N) is 3. The van der Waals surface area contributed by atoms with Gasteiger partial charge in [0.15, 0.2) is 0 Å². The average molecular weight is 340 g/mol. The molecule has 2 aliphatic rings. The fourth-order valence-electron chi connectivity index (χ4n) is 3.54. The monoisotopic (exact) mass is 339 g/mol. The van der Waals surface area contributed by atoms with Crippen LogP contribution in [0.4, 0.5) is 5.69 Å². The summed E-state index contributed by atoms with van der Waals surface area (Å²) in [5.41, 5.74) is 1.21. The van der Waals surface area contributed by atoms with Gasteiger partial charge >= 0.3 is 0 Å². The topological polar surface area (TPSA) is 39.6 Å². The Bertz CT molecular complexity index is 456. The lowest BCUT2D eigenvalue weighted by molar-refractivity contribution is 0.153. The van der Waals surface area contributed by atoms with Crippen LogP contribution in [0.2, 0.25) is 0 Å². The number of aromatic nitrogens is 1. The second-order valence-electron chi connectivity index (χ2n) is 5.82. The second-order valence-corrected chi connectivity index (χ2v) is 6.74. The standard InChI is InChI=1S/C15H22BrN3O/c16-12-7-15(9-17-8-12)19-6-2-3-13(19)10-18-5-1-4-14(18)11-20/h7-9,13-14,20H,1-6,10-11H2/t13-,14-/m0/s1. The zero-order chi connectivity index (χ0) is 13.9. The Morgan fingerprint density at radius 1 is 1.20 bits per heavy atom. The molecule has 2 aliphatic heterocycles. The Kier molecular flexibility index (Phi) is 4.58. The molecule has 3 rings (SSSR count). The summed E-state index contributed by atoms with van der Waals surface area (Å²) < 4.78 is 1.04. The maximum absolute atomic E-state index is 9.46. The minimum Gasteiger partial charge on any atom is -0.395 e. The van der Waals surface area contributed by atoms with Gasteiger partial charge in [-0.2, -0.15) is 0 Å². The van der Waals surface area contributed by atoms with E-state index in [9.17, 15) is 5.11 Å². The molecule has 0 unspecified atom stereocenters. The maximum atomic E-state index is 9.46. The van der Waals surface area contributed by atoms with E-state index in [4.69, 9.17) is 0 Å². The quantitative estimate of drug-likeness (QED) is 0.913. The van der Waals surface area contributed by atoms with Crippen LogP contribution in [0, 0.1) is 0 Å². The number of hydrogen-bond donors (Lipinski definition) is 1. The van der Waals surface area contributed by atoms with Gasteiger partial charge in [0.05, 0.1) is 18.5 Å². The predicted molar refractivity (Wildman–Crippen MR) is 84.0 cm³/mol. The largest absolute Gasteiger partial charge is 0.395 e. The van der Waals surface area contributed by atoms with Gasteiger partial charge in [0, 0.05) is 35.8 Å². The van der Waals surface area contributed by atoms with Gasteiger partial charge < -0.3 is 10.0 Å². The average Bonchev–Trinajstić information content (AvgIpc) is 3.08. The lowest BCUT2D eigenvalue weighted by Gasteiger charge is -2.32. The highest BCUT2D eigenvalue weighted by Gasteiger charge is 2.31. The number of likely N-dealkylation sites (tertiary alicyclic amines) is 1. The molecule has 1 aromatic heterocycles. The molecule has 2 atom stereocenters. The smallest absolute Gasteiger partial charge is 0.0586 e. The number of pyridine rings is 1. The normalized spacial score (nSPS) is 27.4. The zero-order valence-corrected chi connectivity index (χ0v) is 13.3. The first-order valence-corrected chi connectivity index (χ1v) is 8.29. The Morgan fingerprint density at radius 2 is 2.00 bits per heavy atom. The summed E-state index contributed by atoms with van der Waals surface area (Å²) >= 11 is 3.51. The highest BCUT2D eigenvalue weighted by atomic mass is 79.9. The number of aliphatic hydroxyl groups is 1. The fraction of sp³-hybridized carbons (Fsp3) is 0.667. The molecular weight excluding hydrogens is 318 g/mol. The Balaban J connectivity index is 1.69. The van der Waals surface area contributed by atoms with Crippen molar-refractivity contribution >= 4 is 21.6 Å². The molecule has 0 radical (unpaired) electrons. The Morgan fingerprint density at radius 3 is 2.80 bits per heavy atom. The predicted octanol–water partition coefficient (Wildman–Crippen LogP) is 2.27. The van der Waals surface area contributed by atoms with Gasteiger partial charge in [-0.15, -0.1) is 0 Å². The molecule has 110 valence electrons. The molecule has 5 heteroatoms. The number of anilines is 1. The maximum Gasteiger partial charge on any atom is 0.0586 e. The van der Waals surface area contributed by atoms with Gasteiger partial charge in [-0.25, -0.2) is 0 Å². The van der Waals surface area contributed by atoms with Crippen molar-refractivity contribution in [1.29, 1.82) is 0 Å². The van der Waals surface area contributed by atoms with Crippen LogP contribution in [0.5, 0.6) is 0 Å². The lowest BCUT2D eigenvalue weighted by atomic mass is 10.1. The summed E-state index contributed by atoms with van der Waals surface area (Å²) in [5.74, 6) is 0. The van der Waals surface area contributed by atoms with Crippen LogP contribution in [0.25, 0.3) is 0 Å². The summed E-state index contributed by atoms with van der Waals surface area (Å²) in [7, 11) is 0. The number of rotatable bonds is 4. The van der Waals surface area contributed by atoms with E-state index >= 15 is 0 Å². The molecule has 0 bridgehead atoms. The van der Waals surface area contributed by atoms with Gasteiger partial charge in [0.1, 0.15) is 0 Å². The minimum absolute atomic E-state index is 0.297. The summed E-state index contributed by atoms with van der Waals surface area (Å²) in [6, 6.07) is 3.08. The van der Waals surface area contributed by atoms with E-state index in [2.05, 4.69) is 36.8 Å². The Labute approximate surface area is 128 Å². The van der Waals surface area contributed by atoms with Crippen molar-refractivity contribution in [2.45, 2.75) is 37.8 Å². The fourth-order valence-corrected chi connectivity index (χ4v) is 3.89. The molecule has 2 fully saturated rings. The van der Waals surface area contributed by atoms with Crippen molar-refractivity contribution in [3.8, 4) is 0 Å². The van der Waals surface area contributed by atoms with Crippen LogP contribution >= 0.6 is 15.9 Å². The van der Waals surface area contributed by atoms with Gasteiger partial charge in [0.25, 0.3) is 0 Å². The molecule has 0 saturated carbocycles. The third kappa shape index (κ3) is 3.00. The summed E-state index contributed by atoms with van der Waals surface area (Å²) in [6.45, 7) is 3.61. The summed E-state index contributed by atoms with van der Waals surface area (Å²) in [6.07, 6.45) is 8.63. The van der Waals surface area contributed by atoms with Crippen LogP contribution in [0.3, 0.4) is 0 Å². The van der Waals surface area contributed by atoms with Crippen LogP contribution in [-0.2, 0) is 0 Å². The van der Waals surface area contributed by atoms with Gasteiger partial charge in [-0.3, -0.25) is 9.88 Å². The highest BCUT2D eigenvalue weighted by Crippen LogP contribution is 2.29. The molecule has 1 N–H and O–H groups in total. The molecule has 1 aromatic rings. The Hall–Kier alpha value is -0.650. The second kappa shape index (κ2) is 6.41. The van der Waals surface area contributed by atoms with Crippen molar-refractivity contribution < 1.29 is 5.11 Å². The molecular formula is C15H22BrN3O. The third-order valence-corrected chi connectivity index (χ3v) is 4.99. The molecule has 0 aromatic carbocycles. The van der Waals surface area contributed by atoms with Crippen LogP contribution in [-0.4, -0.2) is 53.3 Å². The van der Waals surface area contributed by atoms with Crippen molar-refractivity contribution in [3.63, 3.8) is 0 Å². The van der Waals surface area contributed by atoms with Crippen molar-refractivity contribution in [2.24, 2.45) is 0 Å². The number of halogens is 1. The lowest BCUT2D eigenvalue weighted by Crippen LogP contribution is -2.43.